The maximum absolute atomic E-state index is 11.2. The molecule has 0 aliphatic carbocycles. The van der Waals surface area contributed by atoms with Gasteiger partial charge in [-0.15, -0.1) is 0 Å². The van der Waals surface area contributed by atoms with E-state index in [1.54, 1.807) is 4.90 Å². The van der Waals surface area contributed by atoms with Crippen LogP contribution in [-0.4, -0.2) is 31.3 Å². The van der Waals surface area contributed by atoms with Gasteiger partial charge in [-0.25, -0.2) is 0 Å². The average Bonchev–Trinajstić information content (AvgIpc) is 2.73. The molecule has 3 rings (SSSR count). The smallest absolute Gasteiger partial charge is 0.119 e. The molecule has 0 spiro atoms. The van der Waals surface area contributed by atoms with Crippen molar-refractivity contribution >= 4 is 0 Å². The summed E-state index contributed by atoms with van der Waals surface area (Å²) in [6, 6.07) is 18.5. The second-order valence-electron chi connectivity index (χ2n) is 8.58. The van der Waals surface area contributed by atoms with Gasteiger partial charge in [0.2, 0.25) is 0 Å². The maximum atomic E-state index is 11.2. The van der Waals surface area contributed by atoms with Crippen LogP contribution in [0.4, 0.5) is 0 Å². The van der Waals surface area contributed by atoms with E-state index in [0.29, 0.717) is 5.92 Å². The summed E-state index contributed by atoms with van der Waals surface area (Å²) in [5.74, 6) is 1.64. The van der Waals surface area contributed by atoms with Crippen molar-refractivity contribution < 1.29 is 14.7 Å². The summed E-state index contributed by atoms with van der Waals surface area (Å²) in [7, 11) is 0. The lowest BCUT2D eigenvalue weighted by Crippen LogP contribution is -3.13. The van der Waals surface area contributed by atoms with Gasteiger partial charge in [-0.1, -0.05) is 56.3 Å². The molecule has 1 aliphatic heterocycles. The van der Waals surface area contributed by atoms with Crippen molar-refractivity contribution in [2.75, 3.05) is 26.2 Å². The van der Waals surface area contributed by atoms with Gasteiger partial charge in [-0.05, 0) is 54.9 Å². The summed E-state index contributed by atoms with van der Waals surface area (Å²) in [4.78, 5) is 1.62. The van der Waals surface area contributed by atoms with Gasteiger partial charge in [-0.3, -0.25) is 0 Å². The third kappa shape index (κ3) is 6.08. The van der Waals surface area contributed by atoms with E-state index < -0.39 is 6.10 Å². The first kappa shape index (κ1) is 20.9. The fourth-order valence-corrected chi connectivity index (χ4v) is 4.08. The average molecular weight is 383 g/mol. The molecular weight excluding hydrogens is 346 g/mol. The van der Waals surface area contributed by atoms with Gasteiger partial charge in [0, 0.05) is 0 Å². The molecule has 2 aromatic rings. The quantitative estimate of drug-likeness (QED) is 0.687. The number of quaternary nitrogens is 1. The number of piperidine rings is 1. The highest BCUT2D eigenvalue weighted by Gasteiger charge is 2.28. The lowest BCUT2D eigenvalue weighted by atomic mass is 9.88. The minimum absolute atomic E-state index is 0.113. The highest BCUT2D eigenvalue weighted by Crippen LogP contribution is 2.31. The van der Waals surface area contributed by atoms with Crippen LogP contribution in [0.15, 0.2) is 54.6 Å². The molecule has 3 heteroatoms. The number of rotatable bonds is 9. The minimum atomic E-state index is -0.499. The number of benzene rings is 2. The van der Waals surface area contributed by atoms with E-state index in [1.165, 1.54) is 37.9 Å². The predicted molar refractivity (Wildman–Crippen MR) is 115 cm³/mol. The highest BCUT2D eigenvalue weighted by atomic mass is 16.5. The Morgan fingerprint density at radius 1 is 0.893 bits per heavy atom. The van der Waals surface area contributed by atoms with E-state index >= 15 is 0 Å². The number of ether oxygens (including phenoxy) is 1. The summed E-state index contributed by atoms with van der Waals surface area (Å²) >= 11 is 0. The largest absolute Gasteiger partial charge is 0.494 e. The second-order valence-corrected chi connectivity index (χ2v) is 8.58. The van der Waals surface area contributed by atoms with Crippen LogP contribution in [0.5, 0.6) is 5.75 Å². The zero-order chi connectivity index (χ0) is 19.8. The van der Waals surface area contributed by atoms with Gasteiger partial charge in [0.25, 0.3) is 0 Å². The Kier molecular flexibility index (Phi) is 7.93. The summed E-state index contributed by atoms with van der Waals surface area (Å²) in [5, 5.41) is 11.2. The Bertz CT molecular complexity index is 677. The normalized spacial score (nSPS) is 17.4. The van der Waals surface area contributed by atoms with Crippen LogP contribution in [0.25, 0.3) is 0 Å². The molecule has 0 bridgehead atoms. The Labute approximate surface area is 170 Å². The van der Waals surface area contributed by atoms with Gasteiger partial charge < -0.3 is 14.7 Å². The van der Waals surface area contributed by atoms with Crippen LogP contribution in [0.1, 0.15) is 62.7 Å². The van der Waals surface area contributed by atoms with Crippen molar-refractivity contribution in [1.29, 1.82) is 0 Å². The van der Waals surface area contributed by atoms with E-state index in [1.807, 2.05) is 30.3 Å². The molecule has 2 aromatic carbocycles. The van der Waals surface area contributed by atoms with Crippen molar-refractivity contribution in [2.45, 2.75) is 51.6 Å². The summed E-state index contributed by atoms with van der Waals surface area (Å²) in [6.07, 6.45) is 4.51. The third-order valence-electron chi connectivity index (χ3n) is 5.86. The maximum Gasteiger partial charge on any atom is 0.119 e. The number of aliphatic hydroxyl groups excluding tert-OH is 1. The summed E-state index contributed by atoms with van der Waals surface area (Å²) < 4.78 is 5.83. The van der Waals surface area contributed by atoms with E-state index in [9.17, 15) is 5.11 Å². The Hall–Kier alpha value is -1.84. The topological polar surface area (TPSA) is 33.9 Å². The van der Waals surface area contributed by atoms with Crippen LogP contribution in [-0.2, 0) is 0 Å². The van der Waals surface area contributed by atoms with Crippen LogP contribution < -0.4 is 9.64 Å². The Morgan fingerprint density at radius 3 is 2.21 bits per heavy atom. The van der Waals surface area contributed by atoms with Gasteiger partial charge in [0.1, 0.15) is 5.75 Å². The molecule has 0 saturated carbocycles. The van der Waals surface area contributed by atoms with E-state index in [0.717, 1.165) is 30.9 Å². The molecular formula is C25H36NO2+. The molecule has 28 heavy (non-hydrogen) atoms. The predicted octanol–water partition coefficient (Wildman–Crippen LogP) is 4.00. The van der Waals surface area contributed by atoms with Crippen LogP contribution in [0.2, 0.25) is 0 Å². The van der Waals surface area contributed by atoms with Crippen LogP contribution >= 0.6 is 0 Å². The lowest BCUT2D eigenvalue weighted by molar-refractivity contribution is -0.906. The Morgan fingerprint density at radius 2 is 1.57 bits per heavy atom. The first-order valence-corrected chi connectivity index (χ1v) is 10.9. The first-order chi connectivity index (χ1) is 13.6. The molecule has 0 aromatic heterocycles. The molecule has 1 fully saturated rings. The number of likely N-dealkylation sites (tertiary alicyclic amines) is 1. The van der Waals surface area contributed by atoms with Gasteiger partial charge in [0.05, 0.1) is 38.3 Å². The molecule has 2 atom stereocenters. The fraction of sp³-hybridized carbons (Fsp3) is 0.520. The van der Waals surface area contributed by atoms with E-state index in [4.69, 9.17) is 4.74 Å². The molecule has 0 amide bonds. The van der Waals surface area contributed by atoms with Gasteiger partial charge in [0.15, 0.2) is 0 Å². The van der Waals surface area contributed by atoms with Gasteiger partial charge in [-0.2, -0.15) is 0 Å². The van der Waals surface area contributed by atoms with Gasteiger partial charge >= 0.3 is 0 Å². The first-order valence-electron chi connectivity index (χ1n) is 10.9. The second kappa shape index (κ2) is 10.6. The minimum Gasteiger partial charge on any atom is -0.494 e. The summed E-state index contributed by atoms with van der Waals surface area (Å²) in [6.45, 7) is 8.58. The van der Waals surface area contributed by atoms with E-state index in [2.05, 4.69) is 38.1 Å². The molecule has 3 nitrogen and oxygen atoms in total. The highest BCUT2D eigenvalue weighted by molar-refractivity contribution is 5.31. The molecule has 0 radical (unpaired) electrons. The number of hydrogen-bond donors (Lipinski definition) is 2. The van der Waals surface area contributed by atoms with Crippen molar-refractivity contribution in [3.05, 3.63) is 65.7 Å². The molecule has 152 valence electrons. The standard InChI is InChI=1S/C25H35NO2/c1-20(2)15-18-28-23-13-11-22(12-14-23)25(27)24(21-9-5-3-6-10-21)19-26-16-7-4-8-17-26/h3,5-6,9-14,20,24-25,27H,4,7-8,15-19H2,1-2H3/p+1/t24-,25-/m0/s1. The monoisotopic (exact) mass is 382 g/mol. The molecule has 0 unspecified atom stereocenters. The molecule has 1 saturated heterocycles. The van der Waals surface area contributed by atoms with Crippen molar-refractivity contribution in [3.8, 4) is 5.75 Å². The van der Waals surface area contributed by atoms with E-state index in [-0.39, 0.29) is 5.92 Å². The SMILES string of the molecule is CC(C)CCOc1ccc([C@H](O)[C@@H](C[NH+]2CCCCC2)c2ccccc2)cc1. The molecule has 2 N–H and O–H groups in total. The molecule has 1 heterocycles. The van der Waals surface area contributed by atoms with Crippen molar-refractivity contribution in [2.24, 2.45) is 5.92 Å². The summed E-state index contributed by atoms with van der Waals surface area (Å²) in [5.41, 5.74) is 2.20. The number of aliphatic hydroxyl groups is 1. The number of hydrogen-bond acceptors (Lipinski definition) is 2. The third-order valence-corrected chi connectivity index (χ3v) is 5.86. The van der Waals surface area contributed by atoms with Crippen molar-refractivity contribution in [1.82, 2.24) is 0 Å². The lowest BCUT2D eigenvalue weighted by Gasteiger charge is -2.30. The Balaban J connectivity index is 1.70. The fourth-order valence-electron chi connectivity index (χ4n) is 4.08. The van der Waals surface area contributed by atoms with Crippen molar-refractivity contribution in [3.63, 3.8) is 0 Å². The molecule has 1 aliphatic rings. The van der Waals surface area contributed by atoms with Crippen LogP contribution in [0, 0.1) is 5.92 Å². The number of nitrogens with one attached hydrogen (secondary N) is 1. The van der Waals surface area contributed by atoms with Crippen LogP contribution in [0.3, 0.4) is 0 Å². The zero-order valence-corrected chi connectivity index (χ0v) is 17.4. The zero-order valence-electron chi connectivity index (χ0n) is 17.4.